The molecular weight excluding hydrogens is 166 g/mol. The van der Waals surface area contributed by atoms with Gasteiger partial charge in [-0.25, -0.2) is 5.84 Å². The van der Waals surface area contributed by atoms with Crippen LogP contribution in [-0.2, 0) is 9.59 Å². The molecule has 1 atom stereocenters. The van der Waals surface area contributed by atoms with E-state index in [-0.39, 0.29) is 11.8 Å². The molecule has 11 heavy (non-hydrogen) atoms. The van der Waals surface area contributed by atoms with Gasteiger partial charge in [0.1, 0.15) is 6.04 Å². The molecular formula is C5H9N3O2S. The largest absolute Gasteiger partial charge is 0.343 e. The highest BCUT2D eigenvalue weighted by molar-refractivity contribution is 8.00. The van der Waals surface area contributed by atoms with Gasteiger partial charge >= 0.3 is 0 Å². The van der Waals surface area contributed by atoms with Crippen molar-refractivity contribution < 1.29 is 9.59 Å². The van der Waals surface area contributed by atoms with Crippen LogP contribution in [0, 0.1) is 0 Å². The van der Waals surface area contributed by atoms with E-state index in [4.69, 9.17) is 5.84 Å². The highest BCUT2D eigenvalue weighted by Gasteiger charge is 2.23. The Morgan fingerprint density at radius 2 is 2.55 bits per heavy atom. The Bertz CT molecular complexity index is 185. The summed E-state index contributed by atoms with van der Waals surface area (Å²) in [7, 11) is 0. The van der Waals surface area contributed by atoms with E-state index in [0.717, 1.165) is 0 Å². The zero-order valence-electron chi connectivity index (χ0n) is 5.79. The Labute approximate surface area is 68.0 Å². The van der Waals surface area contributed by atoms with Crippen LogP contribution in [0.2, 0.25) is 0 Å². The van der Waals surface area contributed by atoms with E-state index in [0.29, 0.717) is 11.5 Å². The molecule has 1 saturated heterocycles. The number of thioether (sulfide) groups is 1. The summed E-state index contributed by atoms with van der Waals surface area (Å²) in [5.41, 5.74) is 1.99. The number of nitrogens with two attached hydrogens (primary N) is 1. The normalized spacial score (nSPS) is 24.1. The fourth-order valence-corrected chi connectivity index (χ4v) is 1.65. The van der Waals surface area contributed by atoms with Crippen molar-refractivity contribution in [1.82, 2.24) is 10.7 Å². The first-order chi connectivity index (χ1) is 5.24. The van der Waals surface area contributed by atoms with Crippen molar-refractivity contribution in [2.24, 2.45) is 5.84 Å². The van der Waals surface area contributed by atoms with Gasteiger partial charge in [0.2, 0.25) is 5.91 Å². The zero-order valence-corrected chi connectivity index (χ0v) is 6.61. The van der Waals surface area contributed by atoms with E-state index < -0.39 is 6.04 Å². The van der Waals surface area contributed by atoms with Gasteiger partial charge in [0.05, 0.1) is 5.75 Å². The molecule has 1 aliphatic rings. The fourth-order valence-electron chi connectivity index (χ4n) is 0.789. The van der Waals surface area contributed by atoms with Gasteiger partial charge < -0.3 is 5.32 Å². The van der Waals surface area contributed by atoms with Crippen LogP contribution in [0.15, 0.2) is 0 Å². The van der Waals surface area contributed by atoms with Gasteiger partial charge in [-0.2, -0.15) is 0 Å². The Hall–Kier alpha value is -0.750. The van der Waals surface area contributed by atoms with Crippen LogP contribution in [0.3, 0.4) is 0 Å². The predicted octanol–water partition coefficient (Wildman–Crippen LogP) is -1.79. The third kappa shape index (κ3) is 2.09. The maximum absolute atomic E-state index is 10.8. The number of hydrogen-bond donors (Lipinski definition) is 3. The smallest absolute Gasteiger partial charge is 0.257 e. The number of amides is 2. The summed E-state index contributed by atoms with van der Waals surface area (Å²) in [6.45, 7) is 0. The van der Waals surface area contributed by atoms with E-state index >= 15 is 0 Å². The van der Waals surface area contributed by atoms with Gasteiger partial charge in [0.25, 0.3) is 5.91 Å². The number of hydrogen-bond acceptors (Lipinski definition) is 4. The highest BCUT2D eigenvalue weighted by Crippen LogP contribution is 2.07. The van der Waals surface area contributed by atoms with Crippen LogP contribution in [0.4, 0.5) is 0 Å². The average Bonchev–Trinajstić information content (AvgIpc) is 2.03. The Morgan fingerprint density at radius 1 is 1.82 bits per heavy atom. The third-order valence-electron chi connectivity index (χ3n) is 1.31. The number of carbonyl (C=O) groups excluding carboxylic acids is 2. The molecule has 1 fully saturated rings. The van der Waals surface area contributed by atoms with Gasteiger partial charge in [-0.15, -0.1) is 11.8 Å². The molecule has 4 N–H and O–H groups in total. The molecule has 0 aromatic rings. The molecule has 5 nitrogen and oxygen atoms in total. The monoisotopic (exact) mass is 175 g/mol. The third-order valence-corrected chi connectivity index (χ3v) is 2.35. The summed E-state index contributed by atoms with van der Waals surface area (Å²) < 4.78 is 0. The number of carbonyl (C=O) groups is 2. The summed E-state index contributed by atoms with van der Waals surface area (Å²) >= 11 is 1.43. The van der Waals surface area contributed by atoms with Crippen LogP contribution in [0.25, 0.3) is 0 Å². The van der Waals surface area contributed by atoms with Gasteiger partial charge in [-0.05, 0) is 0 Å². The summed E-state index contributed by atoms with van der Waals surface area (Å²) in [5, 5.41) is 2.52. The van der Waals surface area contributed by atoms with Gasteiger partial charge in [0.15, 0.2) is 0 Å². The van der Waals surface area contributed by atoms with Crippen molar-refractivity contribution >= 4 is 23.6 Å². The number of hydrazine groups is 1. The second-order valence-electron chi connectivity index (χ2n) is 2.14. The second kappa shape index (κ2) is 3.59. The fraction of sp³-hybridized carbons (Fsp3) is 0.600. The summed E-state index contributed by atoms with van der Waals surface area (Å²) in [5.74, 6) is 5.45. The van der Waals surface area contributed by atoms with E-state index in [9.17, 15) is 9.59 Å². The van der Waals surface area contributed by atoms with Gasteiger partial charge in [-0.3, -0.25) is 15.0 Å². The van der Waals surface area contributed by atoms with Crippen molar-refractivity contribution in [2.75, 3.05) is 11.5 Å². The lowest BCUT2D eigenvalue weighted by Gasteiger charge is -2.20. The first-order valence-electron chi connectivity index (χ1n) is 3.11. The van der Waals surface area contributed by atoms with Crippen molar-refractivity contribution in [1.29, 1.82) is 0 Å². The molecule has 1 aliphatic heterocycles. The second-order valence-corrected chi connectivity index (χ2v) is 3.17. The zero-order chi connectivity index (χ0) is 8.27. The molecule has 0 spiro atoms. The van der Waals surface area contributed by atoms with Crippen LogP contribution in [0.5, 0.6) is 0 Å². The molecule has 0 aromatic carbocycles. The number of rotatable bonds is 1. The lowest BCUT2D eigenvalue weighted by atomic mass is 10.3. The molecule has 62 valence electrons. The quantitative estimate of drug-likeness (QED) is 0.249. The van der Waals surface area contributed by atoms with E-state index in [2.05, 4.69) is 5.32 Å². The number of nitrogens with one attached hydrogen (secondary N) is 2. The van der Waals surface area contributed by atoms with Crippen LogP contribution in [0.1, 0.15) is 0 Å². The minimum absolute atomic E-state index is 0.116. The van der Waals surface area contributed by atoms with Crippen molar-refractivity contribution in [2.45, 2.75) is 6.04 Å². The molecule has 0 unspecified atom stereocenters. The minimum atomic E-state index is -0.466. The standard InChI is InChI=1S/C5H9N3O2S/c6-8-5(10)3-1-11-2-4(9)7-3/h3H,1-2,6H2,(H,7,9)(H,8,10)/t3-/m0/s1. The molecule has 0 radical (unpaired) electrons. The maximum Gasteiger partial charge on any atom is 0.257 e. The van der Waals surface area contributed by atoms with Crippen molar-refractivity contribution in [3.63, 3.8) is 0 Å². The topological polar surface area (TPSA) is 84.2 Å². The van der Waals surface area contributed by atoms with Gasteiger partial charge in [0, 0.05) is 5.75 Å². The highest BCUT2D eigenvalue weighted by atomic mass is 32.2. The molecule has 0 aromatic heterocycles. The maximum atomic E-state index is 10.8. The molecule has 0 aliphatic carbocycles. The Balaban J connectivity index is 2.45. The average molecular weight is 175 g/mol. The summed E-state index contributed by atoms with van der Waals surface area (Å²) in [6.07, 6.45) is 0. The Morgan fingerprint density at radius 3 is 3.09 bits per heavy atom. The Kier molecular flexibility index (Phi) is 2.72. The molecule has 1 rings (SSSR count). The van der Waals surface area contributed by atoms with Gasteiger partial charge in [-0.1, -0.05) is 0 Å². The molecule has 0 saturated carbocycles. The SMILES string of the molecule is NNC(=O)[C@@H]1CSCC(=O)N1. The van der Waals surface area contributed by atoms with E-state index in [1.54, 1.807) is 0 Å². The first-order valence-corrected chi connectivity index (χ1v) is 4.27. The molecule has 1 heterocycles. The van der Waals surface area contributed by atoms with Crippen LogP contribution >= 0.6 is 11.8 Å². The lowest BCUT2D eigenvalue weighted by molar-refractivity contribution is -0.127. The first kappa shape index (κ1) is 8.35. The molecule has 2 amide bonds. The minimum Gasteiger partial charge on any atom is -0.343 e. The predicted molar refractivity (Wildman–Crippen MR) is 41.6 cm³/mol. The van der Waals surface area contributed by atoms with Crippen molar-refractivity contribution in [3.8, 4) is 0 Å². The lowest BCUT2D eigenvalue weighted by Crippen LogP contribution is -2.53. The van der Waals surface area contributed by atoms with E-state index in [1.807, 2.05) is 5.43 Å². The van der Waals surface area contributed by atoms with Crippen LogP contribution in [-0.4, -0.2) is 29.4 Å². The molecule has 0 bridgehead atoms. The van der Waals surface area contributed by atoms with Crippen molar-refractivity contribution in [3.05, 3.63) is 0 Å². The summed E-state index contributed by atoms with van der Waals surface area (Å²) in [4.78, 5) is 21.6. The summed E-state index contributed by atoms with van der Waals surface area (Å²) in [6, 6.07) is -0.466. The van der Waals surface area contributed by atoms with Crippen LogP contribution < -0.4 is 16.6 Å². The molecule has 6 heteroatoms. The van der Waals surface area contributed by atoms with E-state index in [1.165, 1.54) is 11.8 Å².